The summed E-state index contributed by atoms with van der Waals surface area (Å²) in [7, 11) is 0. The highest BCUT2D eigenvalue weighted by Gasteiger charge is 2.30. The van der Waals surface area contributed by atoms with E-state index in [9.17, 15) is 0 Å². The molecule has 1 unspecified atom stereocenters. The molecule has 2 N–H and O–H groups in total. The van der Waals surface area contributed by atoms with Gasteiger partial charge in [-0.15, -0.1) is 0 Å². The zero-order valence-electron chi connectivity index (χ0n) is 14.1. The largest absolute Gasteiger partial charge is 0.330 e. The Hall–Kier alpha value is -0.0800. The first-order chi connectivity index (χ1) is 9.81. The maximum atomic E-state index is 5.76. The summed E-state index contributed by atoms with van der Waals surface area (Å²) in [5.74, 6) is 0.785. The third-order valence-corrected chi connectivity index (χ3v) is 4.87. The fourth-order valence-corrected chi connectivity index (χ4v) is 3.36. The van der Waals surface area contributed by atoms with Crippen LogP contribution in [0.4, 0.5) is 0 Å². The quantitative estimate of drug-likeness (QED) is 0.501. The molecule has 1 aliphatic heterocycles. The fraction of sp³-hybridized carbons (Fsp3) is 1.00. The second-order valence-corrected chi connectivity index (χ2v) is 6.76. The highest BCUT2D eigenvalue weighted by atomic mass is 15.2. The topological polar surface area (TPSA) is 29.3 Å². The molecule has 1 atom stereocenters. The van der Waals surface area contributed by atoms with E-state index in [2.05, 4.69) is 18.7 Å². The maximum absolute atomic E-state index is 5.76. The highest BCUT2D eigenvalue weighted by Crippen LogP contribution is 2.25. The van der Waals surface area contributed by atoms with E-state index in [1.165, 1.54) is 83.7 Å². The smallest absolute Gasteiger partial charge is 0.00955 e. The first kappa shape index (κ1) is 18.0. The van der Waals surface area contributed by atoms with Gasteiger partial charge >= 0.3 is 0 Å². The minimum atomic E-state index is 0.785. The van der Waals surface area contributed by atoms with Crippen LogP contribution in [0.5, 0.6) is 0 Å². The van der Waals surface area contributed by atoms with Crippen LogP contribution in [0.15, 0.2) is 0 Å². The van der Waals surface area contributed by atoms with Crippen molar-refractivity contribution in [3.05, 3.63) is 0 Å². The van der Waals surface area contributed by atoms with Gasteiger partial charge in [-0.05, 0) is 25.3 Å². The van der Waals surface area contributed by atoms with E-state index in [-0.39, 0.29) is 0 Å². The monoisotopic (exact) mass is 282 g/mol. The van der Waals surface area contributed by atoms with E-state index in [4.69, 9.17) is 5.73 Å². The van der Waals surface area contributed by atoms with Crippen molar-refractivity contribution in [2.24, 2.45) is 11.7 Å². The molecule has 0 radical (unpaired) electrons. The van der Waals surface area contributed by atoms with Gasteiger partial charge in [-0.3, -0.25) is 4.90 Å². The van der Waals surface area contributed by atoms with Crippen molar-refractivity contribution in [2.75, 3.05) is 19.6 Å². The van der Waals surface area contributed by atoms with Crippen LogP contribution >= 0.6 is 0 Å². The summed E-state index contributed by atoms with van der Waals surface area (Å²) in [4.78, 5) is 2.71. The van der Waals surface area contributed by atoms with E-state index < -0.39 is 0 Å². The molecule has 0 aliphatic carbocycles. The first-order valence-electron chi connectivity index (χ1n) is 9.25. The molecule has 0 aromatic rings. The Morgan fingerprint density at radius 2 is 1.35 bits per heavy atom. The van der Waals surface area contributed by atoms with Crippen LogP contribution in [-0.4, -0.2) is 30.6 Å². The summed E-state index contributed by atoms with van der Waals surface area (Å²) in [6, 6.07) is 0.858. The van der Waals surface area contributed by atoms with Crippen molar-refractivity contribution in [3.63, 3.8) is 0 Å². The number of hydrogen-bond acceptors (Lipinski definition) is 2. The molecule has 120 valence electrons. The molecule has 0 aromatic heterocycles. The lowest BCUT2D eigenvalue weighted by atomic mass is 9.92. The Kier molecular flexibility index (Phi) is 10.4. The summed E-state index contributed by atoms with van der Waals surface area (Å²) in [6.07, 6.45) is 15.5. The summed E-state index contributed by atoms with van der Waals surface area (Å²) < 4.78 is 0. The SMILES string of the molecule is CCCCCCCC(CCCCCC)N1CC(CN)C1. The lowest BCUT2D eigenvalue weighted by Crippen LogP contribution is -2.54. The molecule has 0 saturated carbocycles. The summed E-state index contributed by atoms with van der Waals surface area (Å²) in [5.41, 5.74) is 5.76. The van der Waals surface area contributed by atoms with Crippen molar-refractivity contribution in [2.45, 2.75) is 90.5 Å². The van der Waals surface area contributed by atoms with Crippen LogP contribution < -0.4 is 5.73 Å². The van der Waals surface area contributed by atoms with Crippen molar-refractivity contribution < 1.29 is 0 Å². The van der Waals surface area contributed by atoms with E-state index in [1.807, 2.05) is 0 Å². The Labute approximate surface area is 127 Å². The van der Waals surface area contributed by atoms with Crippen LogP contribution in [0, 0.1) is 5.92 Å². The van der Waals surface area contributed by atoms with E-state index in [1.54, 1.807) is 0 Å². The van der Waals surface area contributed by atoms with Gasteiger partial charge in [0.1, 0.15) is 0 Å². The summed E-state index contributed by atoms with van der Waals surface area (Å²) >= 11 is 0. The Morgan fingerprint density at radius 3 is 1.85 bits per heavy atom. The average molecular weight is 283 g/mol. The Morgan fingerprint density at radius 1 is 0.850 bits per heavy atom. The third kappa shape index (κ3) is 7.08. The zero-order valence-corrected chi connectivity index (χ0v) is 14.1. The number of hydrogen-bond donors (Lipinski definition) is 1. The molecule has 2 nitrogen and oxygen atoms in total. The van der Waals surface area contributed by atoms with Gasteiger partial charge in [0.25, 0.3) is 0 Å². The van der Waals surface area contributed by atoms with Crippen LogP contribution in [0.25, 0.3) is 0 Å². The van der Waals surface area contributed by atoms with Gasteiger partial charge in [-0.1, -0.05) is 71.6 Å². The first-order valence-corrected chi connectivity index (χ1v) is 9.25. The molecule has 0 spiro atoms. The van der Waals surface area contributed by atoms with Crippen molar-refractivity contribution in [1.82, 2.24) is 4.90 Å². The molecule has 20 heavy (non-hydrogen) atoms. The van der Waals surface area contributed by atoms with E-state index >= 15 is 0 Å². The van der Waals surface area contributed by atoms with Crippen molar-refractivity contribution >= 4 is 0 Å². The second kappa shape index (κ2) is 11.6. The van der Waals surface area contributed by atoms with Gasteiger partial charge in [0.05, 0.1) is 0 Å². The van der Waals surface area contributed by atoms with Gasteiger partial charge < -0.3 is 5.73 Å². The summed E-state index contributed by atoms with van der Waals surface area (Å²) in [5, 5.41) is 0. The van der Waals surface area contributed by atoms with Gasteiger partial charge in [-0.25, -0.2) is 0 Å². The van der Waals surface area contributed by atoms with Gasteiger partial charge in [-0.2, -0.15) is 0 Å². The second-order valence-electron chi connectivity index (χ2n) is 6.76. The van der Waals surface area contributed by atoms with Gasteiger partial charge in [0.2, 0.25) is 0 Å². The predicted molar refractivity (Wildman–Crippen MR) is 90.0 cm³/mol. The van der Waals surface area contributed by atoms with Crippen LogP contribution in [0.3, 0.4) is 0 Å². The van der Waals surface area contributed by atoms with E-state index in [0.29, 0.717) is 0 Å². The minimum Gasteiger partial charge on any atom is -0.330 e. The number of nitrogens with zero attached hydrogens (tertiary/aromatic N) is 1. The maximum Gasteiger partial charge on any atom is 0.00955 e. The molecule has 0 aromatic carbocycles. The molecule has 0 amide bonds. The van der Waals surface area contributed by atoms with Gasteiger partial charge in [0, 0.05) is 19.1 Å². The van der Waals surface area contributed by atoms with Gasteiger partial charge in [0.15, 0.2) is 0 Å². The fourth-order valence-electron chi connectivity index (χ4n) is 3.36. The number of rotatable bonds is 13. The molecule has 1 rings (SSSR count). The number of likely N-dealkylation sites (tertiary alicyclic amines) is 1. The Balaban J connectivity index is 2.17. The molecule has 0 bridgehead atoms. The minimum absolute atomic E-state index is 0.785. The van der Waals surface area contributed by atoms with Crippen LogP contribution in [0.1, 0.15) is 84.5 Å². The molecule has 2 heteroatoms. The predicted octanol–water partition coefficient (Wildman–Crippen LogP) is 4.58. The molecule has 1 heterocycles. The van der Waals surface area contributed by atoms with Crippen LogP contribution in [-0.2, 0) is 0 Å². The lowest BCUT2D eigenvalue weighted by Gasteiger charge is -2.44. The molecule has 1 aliphatic rings. The molecular weight excluding hydrogens is 244 g/mol. The zero-order chi connectivity index (χ0) is 14.6. The molecule has 1 saturated heterocycles. The average Bonchev–Trinajstić information content (AvgIpc) is 2.41. The Bertz CT molecular complexity index is 211. The summed E-state index contributed by atoms with van der Waals surface area (Å²) in [6.45, 7) is 8.01. The number of unbranched alkanes of at least 4 members (excludes halogenated alkanes) is 7. The molecule has 1 fully saturated rings. The number of nitrogens with two attached hydrogens (primary N) is 1. The van der Waals surface area contributed by atoms with Crippen LogP contribution in [0.2, 0.25) is 0 Å². The normalized spacial score (nSPS) is 18.1. The molecular formula is C18H38N2. The lowest BCUT2D eigenvalue weighted by molar-refractivity contribution is 0.0462. The highest BCUT2D eigenvalue weighted by molar-refractivity contribution is 4.85. The third-order valence-electron chi connectivity index (χ3n) is 4.87. The standard InChI is InChI=1S/C18H38N2/c1-3-5-7-9-11-13-18(12-10-8-6-4-2)20-15-17(14-19)16-20/h17-18H,3-16,19H2,1-2H3. The van der Waals surface area contributed by atoms with Crippen molar-refractivity contribution in [1.29, 1.82) is 0 Å². The van der Waals surface area contributed by atoms with E-state index in [0.717, 1.165) is 18.5 Å². The van der Waals surface area contributed by atoms with Crippen molar-refractivity contribution in [3.8, 4) is 0 Å².